The second kappa shape index (κ2) is 11.9. The van der Waals surface area contributed by atoms with Gasteiger partial charge >= 0.3 is 11.4 Å². The van der Waals surface area contributed by atoms with Gasteiger partial charge in [0.15, 0.2) is 0 Å². The van der Waals surface area contributed by atoms with Gasteiger partial charge in [0, 0.05) is 42.2 Å². The molecular weight excluding hydrogens is 562 g/mol. The van der Waals surface area contributed by atoms with Crippen LogP contribution in [0.1, 0.15) is 19.4 Å². The van der Waals surface area contributed by atoms with Gasteiger partial charge in [-0.3, -0.25) is 9.56 Å². The molecule has 0 spiro atoms. The lowest BCUT2D eigenvalue weighted by atomic mass is 10.0. The number of anilines is 1. The van der Waals surface area contributed by atoms with E-state index >= 15 is 0 Å². The Morgan fingerprint density at radius 2 is 1.98 bits per heavy atom. The molecule has 0 radical (unpaired) electrons. The molecule has 2 heterocycles. The van der Waals surface area contributed by atoms with E-state index in [4.69, 9.17) is 17.0 Å². The van der Waals surface area contributed by atoms with E-state index in [-0.39, 0.29) is 41.0 Å². The summed E-state index contributed by atoms with van der Waals surface area (Å²) in [6.07, 6.45) is 8.00. The maximum absolute atomic E-state index is 14.7. The molecule has 0 saturated heterocycles. The highest BCUT2D eigenvalue weighted by molar-refractivity contribution is 6.30. The standard InChI is InChI=1S/C26H27ClF2N8O4/c1-26(2,41)13-31-10-14-7-20(21(38)9-19(14)30)34-23-35-24(39)37(12-22-32-4-3-5-33-22)25(40)36(23)11-15-6-16(27)18(29)8-17(15)28/h3-10,22,30-32,38,41H,11-13H2,1-2H3,(H,34,35,39)/b14-10-,30-19?. The quantitative estimate of drug-likeness (QED) is 0.241. The molecule has 0 fully saturated rings. The number of aliphatic imine (C=N–C) groups is 1. The van der Waals surface area contributed by atoms with Crippen molar-refractivity contribution < 1.29 is 19.0 Å². The molecule has 12 nitrogen and oxygen atoms in total. The second-order valence-corrected chi connectivity index (χ2v) is 10.2. The van der Waals surface area contributed by atoms with Gasteiger partial charge in [0.2, 0.25) is 5.95 Å². The van der Waals surface area contributed by atoms with Crippen molar-refractivity contribution in [1.29, 1.82) is 5.41 Å². The molecule has 4 rings (SSSR count). The molecule has 15 heteroatoms. The molecule has 1 aliphatic heterocycles. The summed E-state index contributed by atoms with van der Waals surface area (Å²) in [6, 6.07) is 1.59. The predicted octanol–water partition coefficient (Wildman–Crippen LogP) is 1.91. The molecule has 2 aliphatic rings. The Kier molecular flexibility index (Phi) is 8.54. The molecule has 0 amide bonds. The van der Waals surface area contributed by atoms with Gasteiger partial charge in [-0.1, -0.05) is 11.6 Å². The number of halogens is 3. The molecule has 0 saturated carbocycles. The van der Waals surface area contributed by atoms with Crippen LogP contribution in [0.15, 0.2) is 74.4 Å². The molecule has 216 valence electrons. The summed E-state index contributed by atoms with van der Waals surface area (Å²) in [5.74, 6) is -2.73. The van der Waals surface area contributed by atoms with Gasteiger partial charge in [0.25, 0.3) is 0 Å². The summed E-state index contributed by atoms with van der Waals surface area (Å²) >= 11 is 5.85. The minimum Gasteiger partial charge on any atom is -0.506 e. The number of hydrogen-bond acceptors (Lipinski definition) is 10. The average Bonchev–Trinajstić information content (AvgIpc) is 2.89. The fourth-order valence-electron chi connectivity index (χ4n) is 3.81. The minimum absolute atomic E-state index is 0.0311. The topological polar surface area (TPSA) is 170 Å². The Morgan fingerprint density at radius 1 is 1.22 bits per heavy atom. The molecule has 1 atom stereocenters. The van der Waals surface area contributed by atoms with E-state index in [0.29, 0.717) is 11.6 Å². The number of hydrogen-bond donors (Lipinski definition) is 6. The van der Waals surface area contributed by atoms with Crippen LogP contribution in [0.2, 0.25) is 5.02 Å². The smallest absolute Gasteiger partial charge is 0.355 e. The number of rotatable bonds is 9. The maximum atomic E-state index is 14.7. The lowest BCUT2D eigenvalue weighted by molar-refractivity contribution is 0.0835. The van der Waals surface area contributed by atoms with E-state index in [9.17, 15) is 28.6 Å². The Balaban J connectivity index is 1.76. The fraction of sp³-hybridized carbons (Fsp3) is 0.269. The van der Waals surface area contributed by atoms with Crippen LogP contribution in [0.3, 0.4) is 0 Å². The SMILES string of the molecule is CC(C)(O)CN/C=C1/C=C(Nc2nc(=O)n(CC3N=CC=CN3)c(=O)n2Cc2cc(Cl)c(F)cc2F)C(O)=CC1=N. The molecule has 2 aromatic rings. The Bertz CT molecular complexity index is 1650. The van der Waals surface area contributed by atoms with Gasteiger partial charge in [-0.05, 0) is 38.3 Å². The van der Waals surface area contributed by atoms with E-state index in [1.807, 2.05) is 0 Å². The molecule has 1 aromatic carbocycles. The van der Waals surface area contributed by atoms with Crippen molar-refractivity contribution in [2.24, 2.45) is 4.99 Å². The number of nitrogens with zero attached hydrogens (tertiary/aromatic N) is 4. The van der Waals surface area contributed by atoms with E-state index in [1.54, 1.807) is 26.1 Å². The summed E-state index contributed by atoms with van der Waals surface area (Å²) in [5, 5.41) is 36.7. The largest absolute Gasteiger partial charge is 0.506 e. The number of nitrogens with one attached hydrogen (secondary N) is 4. The van der Waals surface area contributed by atoms with E-state index < -0.39 is 47.1 Å². The summed E-state index contributed by atoms with van der Waals surface area (Å²) < 4.78 is 30.2. The first-order valence-electron chi connectivity index (χ1n) is 12.3. The monoisotopic (exact) mass is 588 g/mol. The van der Waals surface area contributed by atoms with Crippen LogP contribution in [0.25, 0.3) is 0 Å². The molecule has 1 aromatic heterocycles. The molecule has 1 unspecified atom stereocenters. The highest BCUT2D eigenvalue weighted by Gasteiger charge is 2.22. The van der Waals surface area contributed by atoms with E-state index in [0.717, 1.165) is 21.3 Å². The van der Waals surface area contributed by atoms with Crippen molar-refractivity contribution in [2.45, 2.75) is 38.7 Å². The number of benzene rings is 1. The highest BCUT2D eigenvalue weighted by atomic mass is 35.5. The maximum Gasteiger partial charge on any atom is 0.355 e. The van der Waals surface area contributed by atoms with Crippen LogP contribution in [0.4, 0.5) is 14.7 Å². The number of aromatic nitrogens is 3. The molecule has 41 heavy (non-hydrogen) atoms. The molecule has 6 N–H and O–H groups in total. The van der Waals surface area contributed by atoms with Crippen molar-refractivity contribution >= 4 is 29.5 Å². The fourth-order valence-corrected chi connectivity index (χ4v) is 4.00. The first kappa shape index (κ1) is 29.4. The molecule has 0 bridgehead atoms. The zero-order chi connectivity index (χ0) is 29.9. The Hall–Kier alpha value is -4.56. The summed E-state index contributed by atoms with van der Waals surface area (Å²) in [5.41, 5.74) is -2.84. The lowest BCUT2D eigenvalue weighted by Crippen LogP contribution is -2.46. The average molecular weight is 589 g/mol. The van der Waals surface area contributed by atoms with Crippen LogP contribution in [0.5, 0.6) is 0 Å². The zero-order valence-electron chi connectivity index (χ0n) is 22.0. The van der Waals surface area contributed by atoms with Crippen molar-refractivity contribution in [3.8, 4) is 0 Å². The van der Waals surface area contributed by atoms with Crippen LogP contribution in [-0.4, -0.2) is 54.6 Å². The third-order valence-corrected chi connectivity index (χ3v) is 6.16. The van der Waals surface area contributed by atoms with Crippen molar-refractivity contribution in [3.05, 3.63) is 103 Å². The lowest BCUT2D eigenvalue weighted by Gasteiger charge is -2.21. The van der Waals surface area contributed by atoms with Crippen molar-refractivity contribution in [1.82, 2.24) is 24.8 Å². The van der Waals surface area contributed by atoms with Gasteiger partial charge < -0.3 is 31.6 Å². The Morgan fingerprint density at radius 3 is 2.66 bits per heavy atom. The third-order valence-electron chi connectivity index (χ3n) is 5.87. The van der Waals surface area contributed by atoms with Gasteiger partial charge in [-0.15, -0.1) is 0 Å². The summed E-state index contributed by atoms with van der Waals surface area (Å²) in [6.45, 7) is 2.64. The Labute approximate surface area is 237 Å². The number of allylic oxidation sites excluding steroid dienone is 4. The third kappa shape index (κ3) is 7.15. The second-order valence-electron chi connectivity index (χ2n) is 9.81. The van der Waals surface area contributed by atoms with Crippen LogP contribution >= 0.6 is 11.6 Å². The van der Waals surface area contributed by atoms with Crippen molar-refractivity contribution in [2.75, 3.05) is 11.9 Å². The number of aliphatic hydroxyl groups is 2. The first-order valence-corrected chi connectivity index (χ1v) is 12.6. The normalized spacial score (nSPS) is 17.8. The zero-order valence-corrected chi connectivity index (χ0v) is 22.7. The number of aliphatic hydroxyl groups excluding tert-OH is 1. The van der Waals surface area contributed by atoms with Gasteiger partial charge in [0.1, 0.15) is 23.6 Å². The highest BCUT2D eigenvalue weighted by Crippen LogP contribution is 2.23. The summed E-state index contributed by atoms with van der Waals surface area (Å²) in [4.78, 5) is 34.6. The van der Waals surface area contributed by atoms with Crippen molar-refractivity contribution in [3.63, 3.8) is 0 Å². The molecular formula is C26H27ClF2N8O4. The van der Waals surface area contributed by atoms with Crippen LogP contribution in [-0.2, 0) is 13.1 Å². The minimum atomic E-state index is -1.03. The first-order chi connectivity index (χ1) is 19.3. The van der Waals surface area contributed by atoms with Gasteiger partial charge in [-0.25, -0.2) is 22.9 Å². The van der Waals surface area contributed by atoms with Gasteiger partial charge in [0.05, 0.1) is 35.1 Å². The molecule has 1 aliphatic carbocycles. The summed E-state index contributed by atoms with van der Waals surface area (Å²) in [7, 11) is 0. The van der Waals surface area contributed by atoms with Gasteiger partial charge in [-0.2, -0.15) is 4.98 Å². The predicted molar refractivity (Wildman–Crippen MR) is 150 cm³/mol. The van der Waals surface area contributed by atoms with E-state index in [2.05, 4.69) is 25.9 Å². The van der Waals surface area contributed by atoms with Crippen LogP contribution in [0, 0.1) is 17.0 Å². The van der Waals surface area contributed by atoms with Crippen LogP contribution < -0.4 is 27.3 Å². The van der Waals surface area contributed by atoms with E-state index in [1.165, 1.54) is 18.5 Å².